The number of rotatable bonds is 2. The molecule has 3 rings (SSSR count). The third-order valence-corrected chi connectivity index (χ3v) is 4.67. The topological polar surface area (TPSA) is 15.3 Å². The molecule has 1 unspecified atom stereocenters. The summed E-state index contributed by atoms with van der Waals surface area (Å²) >= 11 is 1.82. The molecule has 0 radical (unpaired) electrons. The van der Waals surface area contributed by atoms with Crippen LogP contribution in [-0.4, -0.2) is 25.7 Å². The fourth-order valence-electron chi connectivity index (χ4n) is 2.66. The molecule has 0 bridgehead atoms. The SMILES string of the molecule is CCC1CN(c2ccc3sccc3c2)CCCN1. The van der Waals surface area contributed by atoms with Crippen molar-refractivity contribution in [2.45, 2.75) is 25.8 Å². The zero-order valence-corrected chi connectivity index (χ0v) is 11.7. The van der Waals surface area contributed by atoms with Crippen molar-refractivity contribution in [2.24, 2.45) is 0 Å². The van der Waals surface area contributed by atoms with Gasteiger partial charge in [0.15, 0.2) is 0 Å². The van der Waals surface area contributed by atoms with Crippen molar-refractivity contribution in [3.05, 3.63) is 29.6 Å². The smallest absolute Gasteiger partial charge is 0.0373 e. The van der Waals surface area contributed by atoms with E-state index in [9.17, 15) is 0 Å². The fraction of sp³-hybridized carbons (Fsp3) is 0.467. The van der Waals surface area contributed by atoms with Gasteiger partial charge in [-0.25, -0.2) is 0 Å². The second-order valence-electron chi connectivity index (χ2n) is 5.00. The third kappa shape index (κ3) is 2.38. The number of fused-ring (bicyclic) bond motifs is 1. The standard InChI is InChI=1S/C15H20N2S/c1-2-13-11-17(8-3-7-16-13)14-4-5-15-12(10-14)6-9-18-15/h4-6,9-10,13,16H,2-3,7-8,11H2,1H3. The molecule has 1 atom stereocenters. The predicted molar refractivity (Wildman–Crippen MR) is 80.7 cm³/mol. The summed E-state index contributed by atoms with van der Waals surface area (Å²) in [5, 5.41) is 7.17. The summed E-state index contributed by atoms with van der Waals surface area (Å²) in [7, 11) is 0. The minimum absolute atomic E-state index is 0.630. The molecule has 0 spiro atoms. The van der Waals surface area contributed by atoms with Gasteiger partial charge in [-0.05, 0) is 54.4 Å². The molecule has 18 heavy (non-hydrogen) atoms. The maximum Gasteiger partial charge on any atom is 0.0373 e. The van der Waals surface area contributed by atoms with Crippen molar-refractivity contribution >= 4 is 27.1 Å². The lowest BCUT2D eigenvalue weighted by Gasteiger charge is -2.26. The summed E-state index contributed by atoms with van der Waals surface area (Å²) < 4.78 is 1.39. The van der Waals surface area contributed by atoms with Gasteiger partial charge >= 0.3 is 0 Å². The number of nitrogens with zero attached hydrogens (tertiary/aromatic N) is 1. The number of benzene rings is 1. The highest BCUT2D eigenvalue weighted by Gasteiger charge is 2.16. The molecule has 1 fully saturated rings. The first-order valence-electron chi connectivity index (χ1n) is 6.82. The molecule has 2 nitrogen and oxygen atoms in total. The molecule has 1 aliphatic rings. The Morgan fingerprint density at radius 1 is 1.39 bits per heavy atom. The van der Waals surface area contributed by atoms with Crippen LogP contribution in [0.4, 0.5) is 5.69 Å². The van der Waals surface area contributed by atoms with E-state index in [0.29, 0.717) is 6.04 Å². The molecule has 3 heteroatoms. The number of hydrogen-bond acceptors (Lipinski definition) is 3. The second-order valence-corrected chi connectivity index (χ2v) is 5.95. The van der Waals surface area contributed by atoms with Crippen molar-refractivity contribution in [1.29, 1.82) is 0 Å². The van der Waals surface area contributed by atoms with Crippen LogP contribution in [0.5, 0.6) is 0 Å². The minimum atomic E-state index is 0.630. The van der Waals surface area contributed by atoms with E-state index in [4.69, 9.17) is 0 Å². The van der Waals surface area contributed by atoms with E-state index >= 15 is 0 Å². The van der Waals surface area contributed by atoms with E-state index in [1.54, 1.807) is 0 Å². The van der Waals surface area contributed by atoms with Gasteiger partial charge in [0.25, 0.3) is 0 Å². The van der Waals surface area contributed by atoms with Crippen LogP contribution in [0.1, 0.15) is 19.8 Å². The second kappa shape index (κ2) is 5.29. The Morgan fingerprint density at radius 3 is 3.22 bits per heavy atom. The van der Waals surface area contributed by atoms with Gasteiger partial charge in [0.1, 0.15) is 0 Å². The van der Waals surface area contributed by atoms with Gasteiger partial charge in [0, 0.05) is 29.5 Å². The first kappa shape index (κ1) is 12.0. The monoisotopic (exact) mass is 260 g/mol. The summed E-state index contributed by atoms with van der Waals surface area (Å²) in [5.41, 5.74) is 1.38. The number of nitrogens with one attached hydrogen (secondary N) is 1. The lowest BCUT2D eigenvalue weighted by molar-refractivity contribution is 0.528. The summed E-state index contributed by atoms with van der Waals surface area (Å²) in [6.07, 6.45) is 2.44. The van der Waals surface area contributed by atoms with Crippen LogP contribution in [0.3, 0.4) is 0 Å². The van der Waals surface area contributed by atoms with E-state index in [2.05, 4.69) is 46.8 Å². The van der Waals surface area contributed by atoms with E-state index in [1.807, 2.05) is 11.3 Å². The molecule has 0 amide bonds. The van der Waals surface area contributed by atoms with Crippen LogP contribution in [-0.2, 0) is 0 Å². The van der Waals surface area contributed by atoms with Crippen molar-refractivity contribution < 1.29 is 0 Å². The Hall–Kier alpha value is -1.06. The van der Waals surface area contributed by atoms with Gasteiger partial charge in [-0.2, -0.15) is 0 Å². The average Bonchev–Trinajstić information content (AvgIpc) is 2.74. The van der Waals surface area contributed by atoms with Crippen LogP contribution in [0.2, 0.25) is 0 Å². The van der Waals surface area contributed by atoms with Gasteiger partial charge in [0.05, 0.1) is 0 Å². The molecular weight excluding hydrogens is 240 g/mol. The summed E-state index contributed by atoms with van der Waals surface area (Å²) in [5.74, 6) is 0. The summed E-state index contributed by atoms with van der Waals surface area (Å²) in [6, 6.07) is 9.72. The largest absolute Gasteiger partial charge is 0.370 e. The fourth-order valence-corrected chi connectivity index (χ4v) is 3.43. The number of thiophene rings is 1. The number of hydrogen-bond donors (Lipinski definition) is 1. The summed E-state index contributed by atoms with van der Waals surface area (Å²) in [6.45, 7) is 5.71. The van der Waals surface area contributed by atoms with Crippen molar-refractivity contribution in [1.82, 2.24) is 5.32 Å². The van der Waals surface area contributed by atoms with Crippen molar-refractivity contribution in [3.8, 4) is 0 Å². The van der Waals surface area contributed by atoms with Gasteiger partial charge in [-0.1, -0.05) is 6.92 Å². The molecular formula is C15H20N2S. The van der Waals surface area contributed by atoms with Gasteiger partial charge in [-0.15, -0.1) is 11.3 Å². The highest BCUT2D eigenvalue weighted by Crippen LogP contribution is 2.26. The van der Waals surface area contributed by atoms with Crippen molar-refractivity contribution in [3.63, 3.8) is 0 Å². The molecule has 1 aliphatic heterocycles. The molecule has 0 aliphatic carbocycles. The molecule has 0 saturated carbocycles. The highest BCUT2D eigenvalue weighted by molar-refractivity contribution is 7.17. The lowest BCUT2D eigenvalue weighted by Crippen LogP contribution is -2.37. The maximum atomic E-state index is 3.62. The Kier molecular flexibility index (Phi) is 3.52. The zero-order chi connectivity index (χ0) is 12.4. The van der Waals surface area contributed by atoms with E-state index in [-0.39, 0.29) is 0 Å². The predicted octanol–water partition coefficient (Wildman–Crippen LogP) is 3.48. The maximum absolute atomic E-state index is 3.62. The lowest BCUT2D eigenvalue weighted by atomic mass is 10.2. The average molecular weight is 260 g/mol. The Labute approximate surface area is 113 Å². The van der Waals surface area contributed by atoms with Gasteiger partial charge in [-0.3, -0.25) is 0 Å². The quantitative estimate of drug-likeness (QED) is 0.889. The van der Waals surface area contributed by atoms with Crippen LogP contribution in [0.25, 0.3) is 10.1 Å². The Balaban J connectivity index is 1.87. The van der Waals surface area contributed by atoms with Gasteiger partial charge in [0.2, 0.25) is 0 Å². The molecule has 1 N–H and O–H groups in total. The molecule has 1 aromatic heterocycles. The third-order valence-electron chi connectivity index (χ3n) is 3.77. The van der Waals surface area contributed by atoms with Crippen LogP contribution in [0, 0.1) is 0 Å². The van der Waals surface area contributed by atoms with Gasteiger partial charge < -0.3 is 10.2 Å². The van der Waals surface area contributed by atoms with Crippen LogP contribution in [0.15, 0.2) is 29.6 Å². The van der Waals surface area contributed by atoms with Crippen LogP contribution >= 0.6 is 11.3 Å². The van der Waals surface area contributed by atoms with E-state index in [1.165, 1.54) is 35.2 Å². The first-order valence-corrected chi connectivity index (χ1v) is 7.70. The minimum Gasteiger partial charge on any atom is -0.370 e. The molecule has 1 saturated heterocycles. The van der Waals surface area contributed by atoms with Crippen molar-refractivity contribution in [2.75, 3.05) is 24.5 Å². The summed E-state index contributed by atoms with van der Waals surface area (Å²) in [4.78, 5) is 2.53. The number of anilines is 1. The molecule has 2 aromatic rings. The Bertz CT molecular complexity index is 520. The Morgan fingerprint density at radius 2 is 2.33 bits per heavy atom. The van der Waals surface area contributed by atoms with Crippen LogP contribution < -0.4 is 10.2 Å². The van der Waals surface area contributed by atoms with E-state index < -0.39 is 0 Å². The zero-order valence-electron chi connectivity index (χ0n) is 10.9. The normalized spacial score (nSPS) is 21.2. The first-order chi connectivity index (χ1) is 8.86. The molecule has 1 aromatic carbocycles. The molecule has 2 heterocycles. The molecule has 96 valence electrons. The highest BCUT2D eigenvalue weighted by atomic mass is 32.1. The van der Waals surface area contributed by atoms with E-state index in [0.717, 1.165) is 13.1 Å².